The van der Waals surface area contributed by atoms with Crippen LogP contribution in [0, 0.1) is 11.6 Å². The molecule has 0 aliphatic rings. The van der Waals surface area contributed by atoms with Crippen LogP contribution in [0.1, 0.15) is 0 Å². The first-order chi connectivity index (χ1) is 9.47. The number of benzene rings is 2. The Hall–Kier alpha value is -2.34. The number of halogens is 3. The fourth-order valence-electron chi connectivity index (χ4n) is 1.53. The van der Waals surface area contributed by atoms with E-state index in [1.165, 1.54) is 0 Å². The summed E-state index contributed by atoms with van der Waals surface area (Å²) in [5.41, 5.74) is 5.99. The van der Waals surface area contributed by atoms with Gasteiger partial charge in [-0.05, 0) is 24.3 Å². The maximum Gasteiger partial charge on any atom is 0.323 e. The number of anilines is 3. The van der Waals surface area contributed by atoms with E-state index in [1.54, 1.807) is 18.2 Å². The average Bonchev–Trinajstić information content (AvgIpc) is 2.37. The largest absolute Gasteiger partial charge is 0.397 e. The van der Waals surface area contributed by atoms with Crippen LogP contribution >= 0.6 is 11.6 Å². The van der Waals surface area contributed by atoms with E-state index in [2.05, 4.69) is 10.6 Å². The molecule has 2 aromatic carbocycles. The van der Waals surface area contributed by atoms with E-state index in [0.29, 0.717) is 6.07 Å². The standard InChI is InChI=1S/C13H10ClF2N3O/c14-8-2-1-3-10(17)12(8)19-13(20)18-11-5-4-7(15)6-9(11)16/h1-6H,17H2,(H2,18,19,20). The van der Waals surface area contributed by atoms with E-state index in [4.69, 9.17) is 17.3 Å². The van der Waals surface area contributed by atoms with Gasteiger partial charge in [0, 0.05) is 6.07 Å². The number of nitrogens with two attached hydrogens (primary N) is 1. The summed E-state index contributed by atoms with van der Waals surface area (Å²) in [7, 11) is 0. The number of nitrogens with one attached hydrogen (secondary N) is 2. The number of nitrogen functional groups attached to an aromatic ring is 1. The van der Waals surface area contributed by atoms with Crippen LogP contribution < -0.4 is 16.4 Å². The minimum Gasteiger partial charge on any atom is -0.397 e. The highest BCUT2D eigenvalue weighted by Gasteiger charge is 2.11. The predicted octanol–water partition coefficient (Wildman–Crippen LogP) is 3.84. The molecular weight excluding hydrogens is 288 g/mol. The number of para-hydroxylation sites is 1. The van der Waals surface area contributed by atoms with E-state index in [1.807, 2.05) is 0 Å². The summed E-state index contributed by atoms with van der Waals surface area (Å²) in [4.78, 5) is 11.7. The Morgan fingerprint density at radius 1 is 1.15 bits per heavy atom. The van der Waals surface area contributed by atoms with Crippen LogP contribution in [0.15, 0.2) is 36.4 Å². The Bertz CT molecular complexity index is 644. The van der Waals surface area contributed by atoms with E-state index in [9.17, 15) is 13.6 Å². The fourth-order valence-corrected chi connectivity index (χ4v) is 1.76. The van der Waals surface area contributed by atoms with Crippen molar-refractivity contribution in [2.75, 3.05) is 16.4 Å². The predicted molar refractivity (Wildman–Crippen MR) is 74.9 cm³/mol. The lowest BCUT2D eigenvalue weighted by Gasteiger charge is -2.11. The van der Waals surface area contributed by atoms with Crippen molar-refractivity contribution in [2.45, 2.75) is 0 Å². The number of carbonyl (C=O) groups is 1. The highest BCUT2D eigenvalue weighted by molar-refractivity contribution is 6.34. The zero-order chi connectivity index (χ0) is 14.7. The Morgan fingerprint density at radius 2 is 1.90 bits per heavy atom. The molecule has 0 atom stereocenters. The van der Waals surface area contributed by atoms with Crippen molar-refractivity contribution >= 4 is 34.7 Å². The summed E-state index contributed by atoms with van der Waals surface area (Å²) in [5, 5.41) is 4.89. The molecule has 2 rings (SSSR count). The van der Waals surface area contributed by atoms with Crippen molar-refractivity contribution < 1.29 is 13.6 Å². The summed E-state index contributed by atoms with van der Waals surface area (Å²) in [6, 6.07) is 6.80. The number of hydrogen-bond donors (Lipinski definition) is 3. The van der Waals surface area contributed by atoms with Gasteiger partial charge in [-0.3, -0.25) is 0 Å². The molecule has 0 aliphatic heterocycles. The first kappa shape index (κ1) is 14.1. The highest BCUT2D eigenvalue weighted by atomic mass is 35.5. The molecule has 2 aromatic rings. The second kappa shape index (κ2) is 5.75. The third kappa shape index (κ3) is 3.16. The van der Waals surface area contributed by atoms with Crippen molar-refractivity contribution in [3.8, 4) is 0 Å². The second-order valence-corrected chi connectivity index (χ2v) is 4.31. The van der Waals surface area contributed by atoms with Crippen LogP contribution in [0.2, 0.25) is 5.02 Å². The van der Waals surface area contributed by atoms with Gasteiger partial charge in [0.25, 0.3) is 0 Å². The molecular formula is C13H10ClF2N3O. The Morgan fingerprint density at radius 3 is 2.55 bits per heavy atom. The molecule has 0 heterocycles. The zero-order valence-corrected chi connectivity index (χ0v) is 10.8. The molecule has 0 fully saturated rings. The highest BCUT2D eigenvalue weighted by Crippen LogP contribution is 2.28. The lowest BCUT2D eigenvalue weighted by Crippen LogP contribution is -2.21. The van der Waals surface area contributed by atoms with Crippen molar-refractivity contribution in [3.63, 3.8) is 0 Å². The molecule has 0 radical (unpaired) electrons. The molecule has 4 nitrogen and oxygen atoms in total. The van der Waals surface area contributed by atoms with Crippen molar-refractivity contribution in [1.29, 1.82) is 0 Å². The third-order valence-corrected chi connectivity index (χ3v) is 2.78. The Labute approximate surface area is 118 Å². The van der Waals surface area contributed by atoms with Gasteiger partial charge in [-0.15, -0.1) is 0 Å². The normalized spacial score (nSPS) is 10.2. The third-order valence-electron chi connectivity index (χ3n) is 2.46. The van der Waals surface area contributed by atoms with Gasteiger partial charge in [-0.1, -0.05) is 17.7 Å². The number of carbonyl (C=O) groups excluding carboxylic acids is 1. The number of urea groups is 1. The van der Waals surface area contributed by atoms with Gasteiger partial charge < -0.3 is 16.4 Å². The molecule has 104 valence electrons. The molecule has 4 N–H and O–H groups in total. The molecule has 2 amide bonds. The minimum absolute atomic E-state index is 0.158. The molecule has 20 heavy (non-hydrogen) atoms. The van der Waals surface area contributed by atoms with Crippen LogP contribution in [0.4, 0.5) is 30.6 Å². The van der Waals surface area contributed by atoms with Crippen LogP contribution in [0.25, 0.3) is 0 Å². The number of rotatable bonds is 2. The first-order valence-electron chi connectivity index (χ1n) is 5.54. The SMILES string of the molecule is Nc1cccc(Cl)c1NC(=O)Nc1ccc(F)cc1F. The topological polar surface area (TPSA) is 67.1 Å². The van der Waals surface area contributed by atoms with Crippen LogP contribution in [0.5, 0.6) is 0 Å². The summed E-state index contributed by atoms with van der Waals surface area (Å²) in [5.74, 6) is -1.61. The molecule has 0 saturated heterocycles. The Balaban J connectivity index is 2.13. The van der Waals surface area contributed by atoms with Crippen molar-refractivity contribution in [1.82, 2.24) is 0 Å². The van der Waals surface area contributed by atoms with Gasteiger partial charge >= 0.3 is 6.03 Å². The van der Waals surface area contributed by atoms with Crippen LogP contribution in [-0.4, -0.2) is 6.03 Å². The van der Waals surface area contributed by atoms with E-state index < -0.39 is 17.7 Å². The van der Waals surface area contributed by atoms with E-state index in [-0.39, 0.29) is 22.1 Å². The van der Waals surface area contributed by atoms with E-state index >= 15 is 0 Å². The minimum atomic E-state index is -0.882. The van der Waals surface area contributed by atoms with Gasteiger partial charge in [-0.2, -0.15) is 0 Å². The smallest absolute Gasteiger partial charge is 0.323 e. The molecule has 0 bridgehead atoms. The van der Waals surface area contributed by atoms with E-state index in [0.717, 1.165) is 12.1 Å². The molecule has 7 heteroatoms. The van der Waals surface area contributed by atoms with Crippen LogP contribution in [-0.2, 0) is 0 Å². The first-order valence-corrected chi connectivity index (χ1v) is 5.92. The van der Waals surface area contributed by atoms with Crippen molar-refractivity contribution in [2.24, 2.45) is 0 Å². The summed E-state index contributed by atoms with van der Waals surface area (Å²) < 4.78 is 26.1. The van der Waals surface area contributed by atoms with Gasteiger partial charge in [0.1, 0.15) is 11.6 Å². The lowest BCUT2D eigenvalue weighted by molar-refractivity contribution is 0.262. The summed E-state index contributed by atoms with van der Waals surface area (Å²) in [6.45, 7) is 0. The van der Waals surface area contributed by atoms with Crippen LogP contribution in [0.3, 0.4) is 0 Å². The summed E-state index contributed by atoms with van der Waals surface area (Å²) >= 11 is 5.88. The molecule has 0 unspecified atom stereocenters. The molecule has 0 saturated carbocycles. The second-order valence-electron chi connectivity index (χ2n) is 3.91. The number of amides is 2. The molecule has 0 aromatic heterocycles. The van der Waals surface area contributed by atoms with Gasteiger partial charge in [0.15, 0.2) is 0 Å². The van der Waals surface area contributed by atoms with Crippen molar-refractivity contribution in [3.05, 3.63) is 53.1 Å². The summed E-state index contributed by atoms with van der Waals surface area (Å²) in [6.07, 6.45) is 0. The Kier molecular flexibility index (Phi) is 4.05. The molecule has 0 spiro atoms. The van der Waals surface area contributed by atoms with Gasteiger partial charge in [-0.25, -0.2) is 13.6 Å². The maximum atomic E-state index is 13.4. The quantitative estimate of drug-likeness (QED) is 0.737. The monoisotopic (exact) mass is 297 g/mol. The average molecular weight is 298 g/mol. The lowest BCUT2D eigenvalue weighted by atomic mass is 10.2. The maximum absolute atomic E-state index is 13.4. The molecule has 0 aliphatic carbocycles. The zero-order valence-electron chi connectivity index (χ0n) is 10.1. The number of hydrogen-bond acceptors (Lipinski definition) is 2. The van der Waals surface area contributed by atoms with Gasteiger partial charge in [0.05, 0.1) is 22.1 Å². The fraction of sp³-hybridized carbons (Fsp3) is 0. The van der Waals surface area contributed by atoms with Gasteiger partial charge in [0.2, 0.25) is 0 Å².